The Kier molecular flexibility index (Phi) is 2.88. The van der Waals surface area contributed by atoms with Gasteiger partial charge in [0.15, 0.2) is 5.15 Å². The third-order valence-electron chi connectivity index (χ3n) is 1.63. The summed E-state index contributed by atoms with van der Waals surface area (Å²) in [6.45, 7) is 0. The van der Waals surface area contributed by atoms with Crippen molar-refractivity contribution < 1.29 is 0 Å². The Labute approximate surface area is 98.8 Å². The molecule has 0 saturated carbocycles. The summed E-state index contributed by atoms with van der Waals surface area (Å²) < 4.78 is 3.88. The van der Waals surface area contributed by atoms with E-state index in [4.69, 9.17) is 28.6 Å². The van der Waals surface area contributed by atoms with Gasteiger partial charge in [-0.25, -0.2) is 0 Å². The number of thiophene rings is 1. The Bertz CT molecular complexity index is 462. The van der Waals surface area contributed by atoms with Gasteiger partial charge < -0.3 is 0 Å². The molecule has 0 atom stereocenters. The van der Waals surface area contributed by atoms with Crippen LogP contribution in [0.4, 0.5) is 0 Å². The average Bonchev–Trinajstić information content (AvgIpc) is 2.77. The number of nitrogens with zero attached hydrogens (tertiary/aromatic N) is 1. The Morgan fingerprint density at radius 3 is 2.71 bits per heavy atom. The molecule has 0 aliphatic heterocycles. The van der Waals surface area contributed by atoms with E-state index in [0.717, 1.165) is 17.1 Å². The van der Waals surface area contributed by atoms with Crippen LogP contribution in [0.1, 0.15) is 10.4 Å². The normalized spacial score (nSPS) is 10.4. The van der Waals surface area contributed by atoms with E-state index in [0.29, 0.717) is 15.6 Å². The molecule has 0 radical (unpaired) electrons. The van der Waals surface area contributed by atoms with Gasteiger partial charge in [-0.1, -0.05) is 23.2 Å². The maximum Gasteiger partial charge on any atom is 0.162 e. The van der Waals surface area contributed by atoms with Crippen LogP contribution >= 0.6 is 46.1 Å². The van der Waals surface area contributed by atoms with E-state index in [1.54, 1.807) is 11.3 Å². The summed E-state index contributed by atoms with van der Waals surface area (Å²) >= 11 is 14.3. The number of aromatic nitrogens is 1. The first-order valence-corrected chi connectivity index (χ1v) is 6.09. The largest absolute Gasteiger partial charge is 0.299 e. The fourth-order valence-corrected chi connectivity index (χ4v) is 2.79. The molecule has 0 bridgehead atoms. The highest BCUT2D eigenvalue weighted by Crippen LogP contribution is 2.30. The number of rotatable bonds is 2. The molecular weight excluding hydrogens is 259 g/mol. The second-order valence-electron chi connectivity index (χ2n) is 2.50. The summed E-state index contributed by atoms with van der Waals surface area (Å²) in [6, 6.07) is 1.87. The first-order valence-electron chi connectivity index (χ1n) is 3.62. The maximum absolute atomic E-state index is 7.88. The Balaban J connectivity index is 2.42. The monoisotopic (exact) mass is 262 g/mol. The van der Waals surface area contributed by atoms with Gasteiger partial charge in [-0.05, 0) is 23.0 Å². The summed E-state index contributed by atoms with van der Waals surface area (Å²) in [6.07, 6.45) is 0. The fraction of sp³-hybridized carbons (Fsp3) is 0. The third-order valence-corrected chi connectivity index (χ3v) is 4.13. The summed E-state index contributed by atoms with van der Waals surface area (Å²) in [7, 11) is 0. The molecule has 0 saturated heterocycles. The lowest BCUT2D eigenvalue weighted by atomic mass is 10.2. The van der Waals surface area contributed by atoms with Crippen LogP contribution in [-0.4, -0.2) is 10.1 Å². The molecule has 2 aromatic heterocycles. The van der Waals surface area contributed by atoms with Crippen molar-refractivity contribution in [3.63, 3.8) is 0 Å². The van der Waals surface area contributed by atoms with E-state index in [9.17, 15) is 0 Å². The summed E-state index contributed by atoms with van der Waals surface area (Å²) in [5, 5.41) is 12.3. The molecule has 0 fully saturated rings. The van der Waals surface area contributed by atoms with Crippen LogP contribution in [0, 0.1) is 5.41 Å². The lowest BCUT2D eigenvalue weighted by Crippen LogP contribution is -1.96. The predicted octanol–water partition coefficient (Wildman–Crippen LogP) is 3.93. The van der Waals surface area contributed by atoms with Gasteiger partial charge in [0.1, 0.15) is 0 Å². The topological polar surface area (TPSA) is 36.7 Å². The quantitative estimate of drug-likeness (QED) is 0.819. The SMILES string of the molecule is N=C(c1ccsc1)c1snc(Cl)c1Cl. The standard InChI is InChI=1S/C8H4Cl2N2S2/c9-5-7(14-12-8(5)10)6(11)4-1-2-13-3-4/h1-3,11H. The second-order valence-corrected chi connectivity index (χ2v) is 4.79. The summed E-state index contributed by atoms with van der Waals surface area (Å²) in [4.78, 5) is 0.620. The van der Waals surface area contributed by atoms with E-state index < -0.39 is 0 Å². The van der Waals surface area contributed by atoms with Crippen LogP contribution in [0.15, 0.2) is 16.8 Å². The smallest absolute Gasteiger partial charge is 0.162 e. The van der Waals surface area contributed by atoms with Crippen molar-refractivity contribution in [3.8, 4) is 0 Å². The number of hydrogen-bond acceptors (Lipinski definition) is 4. The lowest BCUT2D eigenvalue weighted by Gasteiger charge is -1.96. The van der Waals surface area contributed by atoms with Crippen molar-refractivity contribution in [2.75, 3.05) is 0 Å². The molecule has 0 aromatic carbocycles. The summed E-state index contributed by atoms with van der Waals surface area (Å²) in [5.41, 5.74) is 1.22. The minimum atomic E-state index is 0.270. The van der Waals surface area contributed by atoms with Gasteiger partial charge in [-0.2, -0.15) is 15.7 Å². The molecule has 0 aliphatic carbocycles. The van der Waals surface area contributed by atoms with Crippen molar-refractivity contribution in [1.82, 2.24) is 4.37 Å². The molecule has 2 rings (SSSR count). The first-order chi connectivity index (χ1) is 6.70. The van der Waals surface area contributed by atoms with Crippen LogP contribution in [0.25, 0.3) is 0 Å². The van der Waals surface area contributed by atoms with Crippen molar-refractivity contribution >= 4 is 51.8 Å². The molecule has 2 heterocycles. The fourth-order valence-electron chi connectivity index (χ4n) is 0.953. The molecule has 1 N–H and O–H groups in total. The number of hydrogen-bond donors (Lipinski definition) is 1. The zero-order valence-corrected chi connectivity index (χ0v) is 9.90. The lowest BCUT2D eigenvalue weighted by molar-refractivity contribution is 1.50. The van der Waals surface area contributed by atoms with Gasteiger partial charge in [0.2, 0.25) is 0 Å². The van der Waals surface area contributed by atoms with Gasteiger partial charge in [-0.3, -0.25) is 5.41 Å². The van der Waals surface area contributed by atoms with Gasteiger partial charge in [0.05, 0.1) is 15.6 Å². The van der Waals surface area contributed by atoms with Gasteiger partial charge >= 0.3 is 0 Å². The highest BCUT2D eigenvalue weighted by molar-refractivity contribution is 7.10. The van der Waals surface area contributed by atoms with Gasteiger partial charge in [0.25, 0.3) is 0 Å². The molecule has 0 unspecified atom stereocenters. The van der Waals surface area contributed by atoms with Crippen LogP contribution in [-0.2, 0) is 0 Å². The predicted molar refractivity (Wildman–Crippen MR) is 62.4 cm³/mol. The molecular formula is C8H4Cl2N2S2. The van der Waals surface area contributed by atoms with E-state index in [-0.39, 0.29) is 5.15 Å². The van der Waals surface area contributed by atoms with Crippen molar-refractivity contribution in [1.29, 1.82) is 5.41 Å². The van der Waals surface area contributed by atoms with E-state index in [2.05, 4.69) is 4.37 Å². The van der Waals surface area contributed by atoms with Crippen LogP contribution in [0.3, 0.4) is 0 Å². The maximum atomic E-state index is 7.88. The van der Waals surface area contributed by atoms with Crippen LogP contribution in [0.2, 0.25) is 10.2 Å². The van der Waals surface area contributed by atoms with Crippen molar-refractivity contribution in [3.05, 3.63) is 37.4 Å². The number of halogens is 2. The molecule has 6 heteroatoms. The van der Waals surface area contributed by atoms with Crippen molar-refractivity contribution in [2.45, 2.75) is 0 Å². The van der Waals surface area contributed by atoms with E-state index >= 15 is 0 Å². The van der Waals surface area contributed by atoms with Crippen LogP contribution in [0.5, 0.6) is 0 Å². The summed E-state index contributed by atoms with van der Waals surface area (Å²) in [5.74, 6) is 0. The molecule has 0 spiro atoms. The van der Waals surface area contributed by atoms with Gasteiger partial charge in [0, 0.05) is 10.9 Å². The highest BCUT2D eigenvalue weighted by Gasteiger charge is 2.15. The zero-order valence-electron chi connectivity index (χ0n) is 6.75. The molecule has 14 heavy (non-hydrogen) atoms. The van der Waals surface area contributed by atoms with Crippen LogP contribution < -0.4 is 0 Å². The third kappa shape index (κ3) is 1.70. The Hall–Kier alpha value is -0.420. The molecule has 2 aromatic rings. The average molecular weight is 263 g/mol. The van der Waals surface area contributed by atoms with E-state index in [1.165, 1.54) is 0 Å². The second kappa shape index (κ2) is 3.98. The molecule has 72 valence electrons. The molecule has 2 nitrogen and oxygen atoms in total. The minimum Gasteiger partial charge on any atom is -0.299 e. The van der Waals surface area contributed by atoms with Crippen molar-refractivity contribution in [2.24, 2.45) is 0 Å². The zero-order chi connectivity index (χ0) is 10.1. The highest BCUT2D eigenvalue weighted by atomic mass is 35.5. The Morgan fingerprint density at radius 2 is 2.21 bits per heavy atom. The molecule has 0 aliphatic rings. The molecule has 0 amide bonds. The van der Waals surface area contributed by atoms with E-state index in [1.807, 2.05) is 16.8 Å². The number of nitrogens with one attached hydrogen (secondary N) is 1. The Morgan fingerprint density at radius 1 is 1.43 bits per heavy atom. The first kappa shape index (κ1) is 10.1. The minimum absolute atomic E-state index is 0.270. The van der Waals surface area contributed by atoms with Gasteiger partial charge in [-0.15, -0.1) is 0 Å².